The lowest BCUT2D eigenvalue weighted by atomic mass is 9.99. The summed E-state index contributed by atoms with van der Waals surface area (Å²) in [5, 5.41) is 15.4. The van der Waals surface area contributed by atoms with E-state index in [9.17, 15) is 5.11 Å². The van der Waals surface area contributed by atoms with Crippen LogP contribution in [0.3, 0.4) is 0 Å². The quantitative estimate of drug-likeness (QED) is 0.537. The maximum atomic E-state index is 11.1. The second-order valence-electron chi connectivity index (χ2n) is 6.97. The molecule has 4 aromatic rings. The number of benzene rings is 1. The van der Waals surface area contributed by atoms with E-state index in [2.05, 4.69) is 20.3 Å². The van der Waals surface area contributed by atoms with Gasteiger partial charge in [0.15, 0.2) is 0 Å². The van der Waals surface area contributed by atoms with Gasteiger partial charge in [-0.05, 0) is 51.1 Å². The molecular weight excluding hydrogens is 348 g/mol. The number of fused-ring (bicyclic) bond motifs is 1. The van der Waals surface area contributed by atoms with Crippen LogP contribution in [-0.4, -0.2) is 20.1 Å². The molecule has 0 aliphatic rings. The summed E-state index contributed by atoms with van der Waals surface area (Å²) < 4.78 is 0. The summed E-state index contributed by atoms with van der Waals surface area (Å²) in [6.45, 7) is 5.82. The smallest absolute Gasteiger partial charge is 0.147 e. The average Bonchev–Trinajstić information content (AvgIpc) is 2.67. The highest BCUT2D eigenvalue weighted by Gasteiger charge is 2.22. The van der Waals surface area contributed by atoms with Crippen LogP contribution in [0.4, 0.5) is 5.82 Å². The number of nitrogens with zero attached hydrogens (tertiary/aromatic N) is 3. The zero-order valence-electron chi connectivity index (χ0n) is 16.1. The highest BCUT2D eigenvalue weighted by atomic mass is 16.3. The first kappa shape index (κ1) is 17.9. The molecule has 1 aromatic carbocycles. The molecule has 0 amide bonds. The Kier molecular flexibility index (Phi) is 4.65. The largest absolute Gasteiger partial charge is 0.505 e. The Hall–Kier alpha value is -3.47. The predicted octanol–water partition coefficient (Wildman–Crippen LogP) is 4.86. The maximum Gasteiger partial charge on any atom is 0.147 e. The molecule has 0 aliphatic carbocycles. The van der Waals surface area contributed by atoms with E-state index in [1.54, 1.807) is 0 Å². The van der Waals surface area contributed by atoms with Gasteiger partial charge in [0, 0.05) is 28.0 Å². The summed E-state index contributed by atoms with van der Waals surface area (Å²) in [5.41, 5.74) is 4.81. The molecule has 5 nitrogen and oxygen atoms in total. The Balaban J connectivity index is 1.87. The van der Waals surface area contributed by atoms with Crippen molar-refractivity contribution in [3.05, 3.63) is 89.0 Å². The highest BCUT2D eigenvalue weighted by Crippen LogP contribution is 2.35. The fourth-order valence-electron chi connectivity index (χ4n) is 3.33. The van der Waals surface area contributed by atoms with E-state index in [4.69, 9.17) is 0 Å². The molecule has 0 radical (unpaired) electrons. The second-order valence-corrected chi connectivity index (χ2v) is 6.97. The van der Waals surface area contributed by atoms with Gasteiger partial charge >= 0.3 is 0 Å². The third kappa shape index (κ3) is 3.51. The van der Waals surface area contributed by atoms with Crippen LogP contribution in [0, 0.1) is 20.8 Å². The molecule has 0 saturated carbocycles. The number of rotatable bonds is 4. The SMILES string of the molecule is Cc1cccc(N[C@H](c2cccc(C)n2)c2ccc3ccc(C)nc3c2O)n1. The first-order valence-electron chi connectivity index (χ1n) is 9.24. The zero-order chi connectivity index (χ0) is 19.7. The fourth-order valence-corrected chi connectivity index (χ4v) is 3.33. The number of aromatic hydroxyl groups is 1. The summed E-state index contributed by atoms with van der Waals surface area (Å²) in [6.07, 6.45) is 0. The van der Waals surface area contributed by atoms with Crippen LogP contribution < -0.4 is 5.32 Å². The topological polar surface area (TPSA) is 70.9 Å². The minimum absolute atomic E-state index is 0.162. The molecule has 2 N–H and O–H groups in total. The van der Waals surface area contributed by atoms with Crippen LogP contribution in [0.2, 0.25) is 0 Å². The van der Waals surface area contributed by atoms with E-state index in [1.165, 1.54) is 0 Å². The van der Waals surface area contributed by atoms with Gasteiger partial charge < -0.3 is 10.4 Å². The number of phenolic OH excluding ortho intramolecular Hbond substituents is 1. The van der Waals surface area contributed by atoms with Gasteiger partial charge in [0.05, 0.1) is 11.7 Å². The molecule has 0 aliphatic heterocycles. The zero-order valence-corrected chi connectivity index (χ0v) is 16.1. The highest BCUT2D eigenvalue weighted by molar-refractivity contribution is 5.86. The van der Waals surface area contributed by atoms with E-state index >= 15 is 0 Å². The van der Waals surface area contributed by atoms with Gasteiger partial charge in [-0.15, -0.1) is 0 Å². The van der Waals surface area contributed by atoms with Crippen molar-refractivity contribution in [2.45, 2.75) is 26.8 Å². The van der Waals surface area contributed by atoms with Crippen molar-refractivity contribution < 1.29 is 5.11 Å². The fraction of sp³-hybridized carbons (Fsp3) is 0.174. The van der Waals surface area contributed by atoms with Crippen molar-refractivity contribution in [1.29, 1.82) is 0 Å². The van der Waals surface area contributed by atoms with Gasteiger partial charge in [0.2, 0.25) is 0 Å². The minimum atomic E-state index is -0.360. The number of phenols is 1. The van der Waals surface area contributed by atoms with Crippen LogP contribution in [0.1, 0.15) is 34.4 Å². The normalized spacial score (nSPS) is 12.1. The van der Waals surface area contributed by atoms with Gasteiger partial charge in [-0.2, -0.15) is 0 Å². The Morgan fingerprint density at radius 1 is 0.750 bits per heavy atom. The maximum absolute atomic E-state index is 11.1. The van der Waals surface area contributed by atoms with Gasteiger partial charge in [0.25, 0.3) is 0 Å². The van der Waals surface area contributed by atoms with Crippen molar-refractivity contribution in [3.63, 3.8) is 0 Å². The number of hydrogen-bond acceptors (Lipinski definition) is 5. The van der Waals surface area contributed by atoms with E-state index in [0.717, 1.165) is 34.0 Å². The molecule has 0 spiro atoms. The molecule has 1 atom stereocenters. The number of nitrogens with one attached hydrogen (secondary N) is 1. The summed E-state index contributed by atoms with van der Waals surface area (Å²) >= 11 is 0. The summed E-state index contributed by atoms with van der Waals surface area (Å²) in [7, 11) is 0. The number of pyridine rings is 3. The van der Waals surface area contributed by atoms with E-state index in [0.29, 0.717) is 11.1 Å². The summed E-state index contributed by atoms with van der Waals surface area (Å²) in [4.78, 5) is 13.8. The van der Waals surface area contributed by atoms with Gasteiger partial charge in [0.1, 0.15) is 17.1 Å². The van der Waals surface area contributed by atoms with Crippen LogP contribution in [0.15, 0.2) is 60.7 Å². The van der Waals surface area contributed by atoms with Gasteiger partial charge in [-0.1, -0.05) is 30.3 Å². The van der Waals surface area contributed by atoms with Crippen molar-refractivity contribution in [2.75, 3.05) is 5.32 Å². The van der Waals surface area contributed by atoms with E-state index < -0.39 is 0 Å². The molecule has 4 rings (SSSR count). The van der Waals surface area contributed by atoms with Crippen LogP contribution in [0.5, 0.6) is 5.75 Å². The molecule has 0 bridgehead atoms. The number of anilines is 1. The van der Waals surface area contributed by atoms with Crippen molar-refractivity contribution in [1.82, 2.24) is 15.0 Å². The third-order valence-corrected chi connectivity index (χ3v) is 4.70. The Morgan fingerprint density at radius 3 is 2.18 bits per heavy atom. The summed E-state index contributed by atoms with van der Waals surface area (Å²) in [6, 6.07) is 19.1. The Morgan fingerprint density at radius 2 is 1.43 bits per heavy atom. The Bertz CT molecular complexity index is 1160. The van der Waals surface area contributed by atoms with E-state index in [1.807, 2.05) is 81.4 Å². The minimum Gasteiger partial charge on any atom is -0.505 e. The average molecular weight is 370 g/mol. The van der Waals surface area contributed by atoms with Crippen LogP contribution >= 0.6 is 0 Å². The molecular formula is C23H22N4O. The summed E-state index contributed by atoms with van der Waals surface area (Å²) in [5.74, 6) is 0.889. The monoisotopic (exact) mass is 370 g/mol. The number of hydrogen-bond donors (Lipinski definition) is 2. The molecule has 140 valence electrons. The van der Waals surface area contributed by atoms with E-state index in [-0.39, 0.29) is 11.8 Å². The number of aryl methyl sites for hydroxylation is 3. The second kappa shape index (κ2) is 7.27. The van der Waals surface area contributed by atoms with Crippen molar-refractivity contribution >= 4 is 16.7 Å². The predicted molar refractivity (Wildman–Crippen MR) is 112 cm³/mol. The molecule has 0 saturated heterocycles. The van der Waals surface area contributed by atoms with Crippen LogP contribution in [-0.2, 0) is 0 Å². The molecule has 5 heteroatoms. The van der Waals surface area contributed by atoms with Crippen molar-refractivity contribution in [2.24, 2.45) is 0 Å². The molecule has 0 fully saturated rings. The van der Waals surface area contributed by atoms with Gasteiger partial charge in [-0.25, -0.2) is 9.97 Å². The first-order chi connectivity index (χ1) is 13.5. The number of aromatic nitrogens is 3. The lowest BCUT2D eigenvalue weighted by molar-refractivity contribution is 0.471. The Labute approximate surface area is 164 Å². The van der Waals surface area contributed by atoms with Crippen molar-refractivity contribution in [3.8, 4) is 5.75 Å². The lowest BCUT2D eigenvalue weighted by Crippen LogP contribution is -2.15. The molecule has 3 aromatic heterocycles. The van der Waals surface area contributed by atoms with Gasteiger partial charge in [-0.3, -0.25) is 4.98 Å². The lowest BCUT2D eigenvalue weighted by Gasteiger charge is -2.21. The molecule has 3 heterocycles. The van der Waals surface area contributed by atoms with Crippen LogP contribution in [0.25, 0.3) is 10.9 Å². The molecule has 28 heavy (non-hydrogen) atoms. The molecule has 0 unspecified atom stereocenters. The first-order valence-corrected chi connectivity index (χ1v) is 9.24. The standard InChI is InChI=1S/C23H22N4O/c1-14-6-4-8-19(24-14)22(27-20-9-5-7-15(2)25-20)18-13-12-17-11-10-16(3)26-21(17)23(18)28/h4-13,22,28H,1-3H3,(H,25,27)/t22-/m0/s1. The third-order valence-electron chi connectivity index (χ3n) is 4.70.